The second kappa shape index (κ2) is 6.27. The lowest BCUT2D eigenvalue weighted by Crippen LogP contribution is -2.52. The van der Waals surface area contributed by atoms with E-state index >= 15 is 0 Å². The van der Waals surface area contributed by atoms with Crippen LogP contribution in [-0.4, -0.2) is 55.3 Å². The number of amides is 1. The Kier molecular flexibility index (Phi) is 3.63. The maximum atomic E-state index is 12.3. The highest BCUT2D eigenvalue weighted by atomic mass is 16.1. The molecule has 1 fully saturated rings. The summed E-state index contributed by atoms with van der Waals surface area (Å²) in [4.78, 5) is 23.2. The van der Waals surface area contributed by atoms with Gasteiger partial charge in [0.2, 0.25) is 0 Å². The van der Waals surface area contributed by atoms with Crippen molar-refractivity contribution in [2.75, 3.05) is 24.5 Å². The van der Waals surface area contributed by atoms with Gasteiger partial charge in [-0.3, -0.25) is 9.78 Å². The molecule has 0 radical (unpaired) electrons. The van der Waals surface area contributed by atoms with E-state index in [-0.39, 0.29) is 5.91 Å². The largest absolute Gasteiger partial charge is 0.354 e. The molecule has 9 nitrogen and oxygen atoms in total. The summed E-state index contributed by atoms with van der Waals surface area (Å²) in [5, 5.41) is 15.2. The third-order valence-corrected chi connectivity index (χ3v) is 4.66. The van der Waals surface area contributed by atoms with Gasteiger partial charge in [-0.05, 0) is 24.3 Å². The molecule has 3 aromatic heterocycles. The monoisotopic (exact) mass is 360 g/mol. The maximum absolute atomic E-state index is 12.3. The number of para-hydroxylation sites is 2. The minimum Gasteiger partial charge on any atom is -0.354 e. The summed E-state index contributed by atoms with van der Waals surface area (Å²) in [6.07, 6.45) is 3.10. The minimum absolute atomic E-state index is 0.198. The zero-order chi connectivity index (χ0) is 18.2. The molecule has 134 valence electrons. The Morgan fingerprint density at radius 3 is 2.89 bits per heavy atom. The lowest BCUT2D eigenvalue weighted by molar-refractivity contribution is 0.0939. The highest BCUT2D eigenvalue weighted by Crippen LogP contribution is 2.22. The average molecular weight is 360 g/mol. The molecule has 1 N–H and O–H groups in total. The van der Waals surface area contributed by atoms with E-state index in [9.17, 15) is 4.79 Å². The van der Waals surface area contributed by atoms with Gasteiger partial charge in [-0.1, -0.05) is 12.1 Å². The van der Waals surface area contributed by atoms with Crippen molar-refractivity contribution in [1.82, 2.24) is 35.1 Å². The van der Waals surface area contributed by atoms with E-state index in [2.05, 4.69) is 35.5 Å². The zero-order valence-corrected chi connectivity index (χ0v) is 14.4. The molecule has 1 amide bonds. The van der Waals surface area contributed by atoms with E-state index in [1.165, 1.54) is 6.20 Å². The summed E-state index contributed by atoms with van der Waals surface area (Å²) in [6, 6.07) is 11.3. The van der Waals surface area contributed by atoms with E-state index in [0.717, 1.165) is 35.6 Å². The normalized spacial score (nSPS) is 14.4. The standard InChI is InChI=1S/C18H16N8O/c27-18(15-8-19-13-3-1-2-4-14(13)22-15)20-7-12-9-25(10-12)17-6-5-16-23-21-11-26(16)24-17/h1-6,8,11-12H,7,9-10H2,(H,20,27). The van der Waals surface area contributed by atoms with Crippen LogP contribution in [0.15, 0.2) is 48.9 Å². The zero-order valence-electron chi connectivity index (χ0n) is 14.4. The molecule has 0 unspecified atom stereocenters. The summed E-state index contributed by atoms with van der Waals surface area (Å²) >= 11 is 0. The molecule has 0 bridgehead atoms. The maximum Gasteiger partial charge on any atom is 0.271 e. The first-order valence-electron chi connectivity index (χ1n) is 8.68. The van der Waals surface area contributed by atoms with Crippen molar-refractivity contribution in [3.05, 3.63) is 54.6 Å². The third kappa shape index (κ3) is 2.92. The Bertz CT molecular complexity index is 1130. The van der Waals surface area contributed by atoms with Crippen LogP contribution in [0.1, 0.15) is 10.5 Å². The van der Waals surface area contributed by atoms with Gasteiger partial charge in [0.15, 0.2) is 5.65 Å². The number of fused-ring (bicyclic) bond motifs is 2. The SMILES string of the molecule is O=C(NCC1CN(c2ccc3nncn3n2)C1)c1cnc2ccccc2n1. The fourth-order valence-electron chi connectivity index (χ4n) is 3.17. The molecule has 4 heterocycles. The van der Waals surface area contributed by atoms with Crippen molar-refractivity contribution in [3.63, 3.8) is 0 Å². The van der Waals surface area contributed by atoms with Crippen LogP contribution in [0.5, 0.6) is 0 Å². The van der Waals surface area contributed by atoms with Crippen molar-refractivity contribution >= 4 is 28.4 Å². The molecule has 1 aliphatic heterocycles. The van der Waals surface area contributed by atoms with E-state index in [1.807, 2.05) is 36.4 Å². The first-order chi connectivity index (χ1) is 13.3. The van der Waals surface area contributed by atoms with Crippen molar-refractivity contribution in [1.29, 1.82) is 0 Å². The number of nitrogens with one attached hydrogen (secondary N) is 1. The summed E-state index contributed by atoms with van der Waals surface area (Å²) in [6.45, 7) is 2.27. The molecule has 1 saturated heterocycles. The summed E-state index contributed by atoms with van der Waals surface area (Å²) in [7, 11) is 0. The Morgan fingerprint density at radius 1 is 1.15 bits per heavy atom. The van der Waals surface area contributed by atoms with E-state index in [0.29, 0.717) is 18.2 Å². The number of hydrogen-bond donors (Lipinski definition) is 1. The smallest absolute Gasteiger partial charge is 0.271 e. The van der Waals surface area contributed by atoms with Crippen LogP contribution in [0.3, 0.4) is 0 Å². The second-order valence-corrected chi connectivity index (χ2v) is 6.55. The lowest BCUT2D eigenvalue weighted by Gasteiger charge is -2.40. The number of aromatic nitrogens is 6. The van der Waals surface area contributed by atoms with Gasteiger partial charge in [0.1, 0.15) is 17.8 Å². The molecule has 0 aliphatic carbocycles. The number of carbonyl (C=O) groups is 1. The fraction of sp³-hybridized carbons (Fsp3) is 0.222. The summed E-state index contributed by atoms with van der Waals surface area (Å²) < 4.78 is 1.66. The predicted molar refractivity (Wildman–Crippen MR) is 98.4 cm³/mol. The quantitative estimate of drug-likeness (QED) is 0.578. The first-order valence-corrected chi connectivity index (χ1v) is 8.68. The Balaban J connectivity index is 1.18. The number of nitrogens with zero attached hydrogens (tertiary/aromatic N) is 7. The van der Waals surface area contributed by atoms with Gasteiger partial charge >= 0.3 is 0 Å². The van der Waals surface area contributed by atoms with E-state index < -0.39 is 0 Å². The predicted octanol–water partition coefficient (Wildman–Crippen LogP) is 0.934. The van der Waals surface area contributed by atoms with Gasteiger partial charge in [0.05, 0.1) is 17.2 Å². The molecule has 1 aromatic carbocycles. The topological polar surface area (TPSA) is 101 Å². The number of hydrogen-bond acceptors (Lipinski definition) is 7. The van der Waals surface area contributed by atoms with Crippen LogP contribution in [0.2, 0.25) is 0 Å². The van der Waals surface area contributed by atoms with Crippen molar-refractivity contribution in [2.45, 2.75) is 0 Å². The average Bonchev–Trinajstić information content (AvgIpc) is 3.14. The van der Waals surface area contributed by atoms with Crippen LogP contribution >= 0.6 is 0 Å². The van der Waals surface area contributed by atoms with E-state index in [1.54, 1.807) is 10.8 Å². The number of carbonyl (C=O) groups excluding carboxylic acids is 1. The molecule has 0 atom stereocenters. The van der Waals surface area contributed by atoms with Crippen LogP contribution in [0.4, 0.5) is 5.82 Å². The fourth-order valence-corrected chi connectivity index (χ4v) is 3.17. The van der Waals surface area contributed by atoms with Gasteiger partial charge in [-0.2, -0.15) is 4.52 Å². The van der Waals surface area contributed by atoms with Crippen LogP contribution in [0.25, 0.3) is 16.7 Å². The molecule has 27 heavy (non-hydrogen) atoms. The van der Waals surface area contributed by atoms with Crippen molar-refractivity contribution < 1.29 is 4.79 Å². The van der Waals surface area contributed by atoms with Crippen LogP contribution in [-0.2, 0) is 0 Å². The molecular weight excluding hydrogens is 344 g/mol. The Morgan fingerprint density at radius 2 is 2.00 bits per heavy atom. The van der Waals surface area contributed by atoms with Crippen LogP contribution < -0.4 is 10.2 Å². The number of anilines is 1. The highest BCUT2D eigenvalue weighted by molar-refractivity contribution is 5.93. The lowest BCUT2D eigenvalue weighted by atomic mass is 10.0. The summed E-state index contributed by atoms with van der Waals surface area (Å²) in [5.41, 5.74) is 2.56. The third-order valence-electron chi connectivity index (χ3n) is 4.66. The molecule has 4 aromatic rings. The van der Waals surface area contributed by atoms with Gasteiger partial charge in [-0.15, -0.1) is 15.3 Å². The second-order valence-electron chi connectivity index (χ2n) is 6.55. The Labute approximate surface area is 154 Å². The first kappa shape index (κ1) is 15.6. The van der Waals surface area contributed by atoms with Gasteiger partial charge < -0.3 is 10.2 Å². The highest BCUT2D eigenvalue weighted by Gasteiger charge is 2.28. The molecule has 1 aliphatic rings. The van der Waals surface area contributed by atoms with Gasteiger partial charge in [0, 0.05) is 25.6 Å². The van der Waals surface area contributed by atoms with Gasteiger partial charge in [-0.25, -0.2) is 4.98 Å². The van der Waals surface area contributed by atoms with Gasteiger partial charge in [0.25, 0.3) is 5.91 Å². The molecular formula is C18H16N8O. The molecule has 0 spiro atoms. The summed E-state index contributed by atoms with van der Waals surface area (Å²) in [5.74, 6) is 1.06. The number of benzene rings is 1. The molecule has 5 rings (SSSR count). The van der Waals surface area contributed by atoms with Crippen molar-refractivity contribution in [2.24, 2.45) is 5.92 Å². The van der Waals surface area contributed by atoms with Crippen molar-refractivity contribution in [3.8, 4) is 0 Å². The minimum atomic E-state index is -0.198. The van der Waals surface area contributed by atoms with Crippen LogP contribution in [0, 0.1) is 5.92 Å². The Hall–Kier alpha value is -3.62. The molecule has 9 heteroatoms. The number of rotatable bonds is 4. The van der Waals surface area contributed by atoms with E-state index in [4.69, 9.17) is 0 Å². The molecule has 0 saturated carbocycles.